The lowest BCUT2D eigenvalue weighted by atomic mass is 9.96. The molecule has 16 heteroatoms. The third-order valence-corrected chi connectivity index (χ3v) is 15.3. The summed E-state index contributed by atoms with van der Waals surface area (Å²) in [4.78, 5) is 74.4. The molecule has 1 aliphatic rings. The van der Waals surface area contributed by atoms with Gasteiger partial charge in [-0.15, -0.1) is 0 Å². The van der Waals surface area contributed by atoms with Crippen LogP contribution >= 0.6 is 7.82 Å². The summed E-state index contributed by atoms with van der Waals surface area (Å²) in [5, 5.41) is 24.2. The molecule has 448 valence electrons. The van der Waals surface area contributed by atoms with Crippen LogP contribution in [0.5, 0.6) is 0 Å². The summed E-state index contributed by atoms with van der Waals surface area (Å²) in [7, 11) is -5.35. The van der Waals surface area contributed by atoms with Gasteiger partial charge < -0.3 is 44.3 Å². The fourth-order valence-corrected chi connectivity index (χ4v) is 10.8. The van der Waals surface area contributed by atoms with Gasteiger partial charge in [0.05, 0.1) is 19.4 Å². The van der Waals surface area contributed by atoms with Gasteiger partial charge in [-0.05, 0) is 38.5 Å². The van der Waals surface area contributed by atoms with Gasteiger partial charge >= 0.3 is 25.7 Å². The number of unbranched alkanes of at least 4 members (excludes halogenated alkanes) is 34. The van der Waals surface area contributed by atoms with Gasteiger partial charge in [-0.3, -0.25) is 23.7 Å². The van der Waals surface area contributed by atoms with Crippen molar-refractivity contribution in [1.29, 1.82) is 0 Å². The second-order valence-corrected chi connectivity index (χ2v) is 23.3. The zero-order chi connectivity index (χ0) is 55.9. The highest BCUT2D eigenvalue weighted by atomic mass is 31.2. The first-order valence-corrected chi connectivity index (χ1v) is 32.9. The number of hydrogen-bond acceptors (Lipinski definition) is 12. The fraction of sp³-hybridized carbons (Fsp3) is 0.933. The van der Waals surface area contributed by atoms with Crippen molar-refractivity contribution in [2.45, 2.75) is 353 Å². The summed E-state index contributed by atoms with van der Waals surface area (Å²) < 4.78 is 40.7. The van der Waals surface area contributed by atoms with Crippen molar-refractivity contribution >= 4 is 31.6 Å². The molecule has 0 aromatic heterocycles. The Kier molecular flexibility index (Phi) is 46.1. The van der Waals surface area contributed by atoms with Crippen molar-refractivity contribution in [3.8, 4) is 0 Å². The Morgan fingerprint density at radius 2 is 0.803 bits per heavy atom. The summed E-state index contributed by atoms with van der Waals surface area (Å²) >= 11 is 0. The second-order valence-electron chi connectivity index (χ2n) is 22.1. The smallest absolute Gasteiger partial charge is 0.462 e. The van der Waals surface area contributed by atoms with Crippen LogP contribution in [0.1, 0.15) is 310 Å². The fourth-order valence-electron chi connectivity index (χ4n) is 10.3. The maximum atomic E-state index is 14.0. The number of rotatable bonds is 53. The van der Waals surface area contributed by atoms with Crippen LogP contribution in [0.25, 0.3) is 0 Å². The lowest BCUT2D eigenvalue weighted by Crippen LogP contribution is -2.65. The van der Waals surface area contributed by atoms with Gasteiger partial charge in [-0.2, -0.15) is 0 Å². The number of phosphoric acid groups is 1. The Morgan fingerprint density at radius 3 is 1.14 bits per heavy atom. The average molecular weight is 1100 g/mol. The first-order valence-electron chi connectivity index (χ1n) is 31.3. The summed E-state index contributed by atoms with van der Waals surface area (Å²) in [5.41, 5.74) is 0. The minimum absolute atomic E-state index is 0.200. The maximum Gasteiger partial charge on any atom is 0.470 e. The number of nitrogens with one attached hydrogen (secondary N) is 1. The number of ether oxygens (including phenoxy) is 4. The van der Waals surface area contributed by atoms with Crippen LogP contribution in [-0.4, -0.2) is 93.3 Å². The zero-order valence-electron chi connectivity index (χ0n) is 48.7. The van der Waals surface area contributed by atoms with Crippen LogP contribution < -0.4 is 5.32 Å². The highest BCUT2D eigenvalue weighted by molar-refractivity contribution is 7.46. The average Bonchev–Trinajstić information content (AvgIpc) is 3.37. The molecule has 1 amide bonds. The van der Waals surface area contributed by atoms with E-state index in [2.05, 4.69) is 33.0 Å². The summed E-state index contributed by atoms with van der Waals surface area (Å²) in [6.45, 7) is 7.92. The number of amides is 1. The standard InChI is InChI=1S/C60H114NO14P/c1-5-9-13-17-21-25-26-30-34-38-42-46-55(65)72-51(44-40-36-32-28-23-19-15-11-7-3)48-56(66)74-59-57(60(67)73-52(49-62)58(59)75-76(68,69)70)61-53(63)47-50(43-39-35-31-27-22-18-14-10-6-2)71-54(64)45-41-37-33-29-24-20-16-12-8-4/h50-52,57-60,62,67H,5-49H2,1-4H3,(H,61,63)(H2,68,69,70). The van der Waals surface area contributed by atoms with Gasteiger partial charge in [0.1, 0.15) is 30.5 Å². The van der Waals surface area contributed by atoms with Crippen LogP contribution in [0.2, 0.25) is 0 Å². The number of carbonyl (C=O) groups excluding carboxylic acids is 4. The van der Waals surface area contributed by atoms with E-state index >= 15 is 0 Å². The first kappa shape index (κ1) is 71.9. The van der Waals surface area contributed by atoms with Gasteiger partial charge in [-0.25, -0.2) is 4.57 Å². The number of aliphatic hydroxyl groups is 2. The predicted octanol–water partition coefficient (Wildman–Crippen LogP) is 14.6. The molecule has 1 saturated heterocycles. The normalized spacial score (nSPS) is 18.6. The number of hydrogen-bond donors (Lipinski definition) is 5. The number of carbonyl (C=O) groups is 4. The molecule has 7 atom stereocenters. The molecule has 76 heavy (non-hydrogen) atoms. The summed E-state index contributed by atoms with van der Waals surface area (Å²) in [6, 6.07) is -1.62. The Bertz CT molecular complexity index is 1470. The van der Waals surface area contributed by atoms with Gasteiger partial charge in [0.15, 0.2) is 12.4 Å². The molecule has 0 saturated carbocycles. The number of esters is 3. The topological polar surface area (TPSA) is 224 Å². The Morgan fingerprint density at radius 1 is 0.474 bits per heavy atom. The van der Waals surface area contributed by atoms with Gasteiger partial charge in [0.2, 0.25) is 5.91 Å². The van der Waals surface area contributed by atoms with Gasteiger partial charge in [0.25, 0.3) is 0 Å². The van der Waals surface area contributed by atoms with Crippen LogP contribution in [0.4, 0.5) is 0 Å². The van der Waals surface area contributed by atoms with Crippen molar-refractivity contribution in [1.82, 2.24) is 5.32 Å². The molecule has 1 fully saturated rings. The van der Waals surface area contributed by atoms with E-state index in [0.717, 1.165) is 89.9 Å². The van der Waals surface area contributed by atoms with Crippen molar-refractivity contribution in [2.24, 2.45) is 0 Å². The zero-order valence-corrected chi connectivity index (χ0v) is 49.6. The molecule has 5 N–H and O–H groups in total. The van der Waals surface area contributed by atoms with Crippen LogP contribution in [-0.2, 0) is 47.2 Å². The molecule has 7 unspecified atom stereocenters. The molecule has 0 aromatic carbocycles. The Balaban J connectivity index is 3.17. The molecule has 0 bridgehead atoms. The van der Waals surface area contributed by atoms with E-state index in [9.17, 15) is 43.7 Å². The summed E-state index contributed by atoms with van der Waals surface area (Å²) in [6.07, 6.45) is 33.5. The van der Waals surface area contributed by atoms with E-state index in [1.807, 2.05) is 0 Å². The quantitative estimate of drug-likeness (QED) is 0.0165. The van der Waals surface area contributed by atoms with Crippen LogP contribution in [0, 0.1) is 0 Å². The first-order chi connectivity index (χ1) is 36.8. The molecule has 15 nitrogen and oxygen atoms in total. The van der Waals surface area contributed by atoms with E-state index < -0.39 is 87.5 Å². The number of aliphatic hydroxyl groups excluding tert-OH is 2. The maximum absolute atomic E-state index is 14.0. The van der Waals surface area contributed by atoms with Crippen LogP contribution in [0.3, 0.4) is 0 Å². The van der Waals surface area contributed by atoms with E-state index in [0.29, 0.717) is 38.5 Å². The molecule has 0 spiro atoms. The van der Waals surface area contributed by atoms with E-state index in [1.165, 1.54) is 128 Å². The Labute approximate surface area is 462 Å². The molecule has 1 heterocycles. The molecule has 0 radical (unpaired) electrons. The SMILES string of the molecule is CCCCCCCCCCCCCC(=O)OC(CCCCCCCCCCC)CC(=O)OC1C(NC(=O)CC(CCCCCCCCCCC)OC(=O)CCCCCCCCCCC)C(O)OC(CO)C1OP(=O)(O)O. The van der Waals surface area contributed by atoms with Gasteiger partial charge in [0, 0.05) is 12.8 Å². The highest BCUT2D eigenvalue weighted by Gasteiger charge is 2.51. The molecule has 1 rings (SSSR count). The summed E-state index contributed by atoms with van der Waals surface area (Å²) in [5.74, 6) is -2.44. The highest BCUT2D eigenvalue weighted by Crippen LogP contribution is 2.42. The third kappa shape index (κ3) is 40.1. The number of phosphoric ester groups is 1. The van der Waals surface area contributed by atoms with E-state index in [4.69, 9.17) is 23.5 Å². The third-order valence-electron chi connectivity index (χ3n) is 14.8. The lowest BCUT2D eigenvalue weighted by molar-refractivity contribution is -0.256. The van der Waals surface area contributed by atoms with Gasteiger partial charge in [-0.1, -0.05) is 246 Å². The molecule has 0 aromatic rings. The molecular weight excluding hydrogens is 990 g/mol. The molecule has 1 aliphatic heterocycles. The second kappa shape index (κ2) is 48.7. The van der Waals surface area contributed by atoms with Crippen molar-refractivity contribution in [3.05, 3.63) is 0 Å². The monoisotopic (exact) mass is 1100 g/mol. The Hall–Kier alpha value is -2.13. The molecule has 0 aliphatic carbocycles. The van der Waals surface area contributed by atoms with Crippen LogP contribution in [0.15, 0.2) is 0 Å². The van der Waals surface area contributed by atoms with Crippen molar-refractivity contribution < 1.29 is 67.2 Å². The van der Waals surface area contributed by atoms with E-state index in [-0.39, 0.29) is 19.3 Å². The van der Waals surface area contributed by atoms with E-state index in [1.54, 1.807) is 0 Å². The predicted molar refractivity (Wildman–Crippen MR) is 302 cm³/mol. The molecular formula is C60H114NO14P. The minimum Gasteiger partial charge on any atom is -0.462 e. The van der Waals surface area contributed by atoms with Crippen molar-refractivity contribution in [2.75, 3.05) is 6.61 Å². The minimum atomic E-state index is -5.35. The van der Waals surface area contributed by atoms with Crippen molar-refractivity contribution in [3.63, 3.8) is 0 Å². The largest absolute Gasteiger partial charge is 0.470 e. The lowest BCUT2D eigenvalue weighted by Gasteiger charge is -2.43.